The Morgan fingerprint density at radius 3 is 2.21 bits per heavy atom. The summed E-state index contributed by atoms with van der Waals surface area (Å²) in [5.41, 5.74) is 1.48. The average Bonchev–Trinajstić information content (AvgIpc) is 2.73. The van der Waals surface area contributed by atoms with E-state index < -0.39 is 0 Å². The molecule has 1 saturated heterocycles. The van der Waals surface area contributed by atoms with Gasteiger partial charge in [0.05, 0.1) is 13.2 Å². The quantitative estimate of drug-likeness (QED) is 0.719. The lowest BCUT2D eigenvalue weighted by molar-refractivity contribution is -0.124. The second-order valence-corrected chi connectivity index (χ2v) is 5.76. The average molecular weight is 270 g/mol. The molecule has 0 saturated carbocycles. The highest BCUT2D eigenvalue weighted by molar-refractivity contribution is 5.06. The first-order valence-corrected chi connectivity index (χ1v) is 7.10. The van der Waals surface area contributed by atoms with Crippen LogP contribution in [0.15, 0.2) is 11.6 Å². The van der Waals surface area contributed by atoms with Crippen molar-refractivity contribution >= 4 is 0 Å². The molecule has 0 aromatic rings. The summed E-state index contributed by atoms with van der Waals surface area (Å²) in [4.78, 5) is 0. The lowest BCUT2D eigenvalue weighted by atomic mass is 9.81. The fourth-order valence-corrected chi connectivity index (χ4v) is 3.07. The van der Waals surface area contributed by atoms with Crippen molar-refractivity contribution in [2.75, 3.05) is 27.4 Å². The third kappa shape index (κ3) is 3.57. The van der Waals surface area contributed by atoms with Gasteiger partial charge in [-0.1, -0.05) is 18.6 Å². The topological polar surface area (TPSA) is 36.9 Å². The molecule has 1 aliphatic heterocycles. The summed E-state index contributed by atoms with van der Waals surface area (Å²) < 4.78 is 22.5. The zero-order valence-electron chi connectivity index (χ0n) is 12.4. The van der Waals surface area contributed by atoms with Crippen LogP contribution in [-0.2, 0) is 18.9 Å². The molecule has 0 N–H and O–H groups in total. The summed E-state index contributed by atoms with van der Waals surface area (Å²) in [5, 5.41) is 0. The number of ether oxygens (including phenoxy) is 4. The molecular formula is C15H26O4. The van der Waals surface area contributed by atoms with E-state index in [1.807, 2.05) is 0 Å². The Balaban J connectivity index is 1.98. The molecule has 0 spiro atoms. The fourth-order valence-electron chi connectivity index (χ4n) is 3.07. The molecule has 1 fully saturated rings. The second kappa shape index (κ2) is 6.84. The van der Waals surface area contributed by atoms with E-state index in [4.69, 9.17) is 18.9 Å². The SMILES string of the molecule is COC[C@@H]1OC(C2CC=C(C)CC2C)O[C@H]1COC. The van der Waals surface area contributed by atoms with E-state index in [9.17, 15) is 0 Å². The van der Waals surface area contributed by atoms with Gasteiger partial charge < -0.3 is 18.9 Å². The predicted molar refractivity (Wildman–Crippen MR) is 72.9 cm³/mol. The van der Waals surface area contributed by atoms with Crippen LogP contribution in [0, 0.1) is 11.8 Å². The van der Waals surface area contributed by atoms with E-state index in [1.54, 1.807) is 14.2 Å². The second-order valence-electron chi connectivity index (χ2n) is 5.76. The third-order valence-corrected chi connectivity index (χ3v) is 4.16. The van der Waals surface area contributed by atoms with Gasteiger partial charge in [-0.05, 0) is 25.7 Å². The van der Waals surface area contributed by atoms with Crippen molar-refractivity contribution in [3.8, 4) is 0 Å². The van der Waals surface area contributed by atoms with Crippen molar-refractivity contribution in [2.45, 2.75) is 45.2 Å². The van der Waals surface area contributed by atoms with Gasteiger partial charge in [-0.25, -0.2) is 0 Å². The Kier molecular flexibility index (Phi) is 5.39. The van der Waals surface area contributed by atoms with Crippen LogP contribution in [0.1, 0.15) is 26.7 Å². The first-order valence-electron chi connectivity index (χ1n) is 7.10. The Hall–Kier alpha value is -0.420. The number of hydrogen-bond acceptors (Lipinski definition) is 4. The van der Waals surface area contributed by atoms with Crippen LogP contribution >= 0.6 is 0 Å². The largest absolute Gasteiger partial charge is 0.382 e. The van der Waals surface area contributed by atoms with Crippen LogP contribution in [0.2, 0.25) is 0 Å². The maximum atomic E-state index is 6.06. The van der Waals surface area contributed by atoms with Gasteiger partial charge in [0.25, 0.3) is 0 Å². The summed E-state index contributed by atoms with van der Waals surface area (Å²) >= 11 is 0. The Bertz CT molecular complexity index is 301. The van der Waals surface area contributed by atoms with Gasteiger partial charge in [0.2, 0.25) is 0 Å². The minimum Gasteiger partial charge on any atom is -0.382 e. The zero-order valence-corrected chi connectivity index (χ0v) is 12.4. The van der Waals surface area contributed by atoms with Crippen LogP contribution in [0.4, 0.5) is 0 Å². The Labute approximate surface area is 116 Å². The molecule has 2 rings (SSSR count). The number of allylic oxidation sites excluding steroid dienone is 2. The number of methoxy groups -OCH3 is 2. The molecule has 0 amide bonds. The molecule has 2 unspecified atom stereocenters. The molecule has 0 aromatic heterocycles. The van der Waals surface area contributed by atoms with Gasteiger partial charge >= 0.3 is 0 Å². The maximum Gasteiger partial charge on any atom is 0.162 e. The Morgan fingerprint density at radius 1 is 1.16 bits per heavy atom. The van der Waals surface area contributed by atoms with Crippen LogP contribution in [-0.4, -0.2) is 45.9 Å². The highest BCUT2D eigenvalue weighted by Crippen LogP contribution is 2.37. The van der Waals surface area contributed by atoms with Crippen LogP contribution < -0.4 is 0 Å². The number of hydrogen-bond donors (Lipinski definition) is 0. The number of rotatable bonds is 5. The molecule has 4 atom stereocenters. The van der Waals surface area contributed by atoms with Gasteiger partial charge in [0.15, 0.2) is 6.29 Å². The fraction of sp³-hybridized carbons (Fsp3) is 0.867. The molecule has 0 bridgehead atoms. The van der Waals surface area contributed by atoms with E-state index in [1.165, 1.54) is 5.57 Å². The van der Waals surface area contributed by atoms with Crippen molar-refractivity contribution in [1.29, 1.82) is 0 Å². The molecule has 4 nitrogen and oxygen atoms in total. The van der Waals surface area contributed by atoms with Crippen LogP contribution in [0.25, 0.3) is 0 Å². The van der Waals surface area contributed by atoms with Crippen LogP contribution in [0.5, 0.6) is 0 Å². The van der Waals surface area contributed by atoms with Gasteiger partial charge in [0, 0.05) is 20.1 Å². The van der Waals surface area contributed by atoms with Gasteiger partial charge in [-0.3, -0.25) is 0 Å². The van der Waals surface area contributed by atoms with E-state index in [-0.39, 0.29) is 18.5 Å². The zero-order chi connectivity index (χ0) is 13.8. The molecular weight excluding hydrogens is 244 g/mol. The molecule has 1 aliphatic carbocycles. The lowest BCUT2D eigenvalue weighted by Crippen LogP contribution is -2.30. The third-order valence-electron chi connectivity index (χ3n) is 4.16. The standard InChI is InChI=1S/C15H26O4/c1-10-5-6-12(11(2)7-10)15-18-13(8-16-3)14(19-15)9-17-4/h5,11-15H,6-9H2,1-4H3/t11?,12?,13-,14-/m0/s1. The molecule has 0 radical (unpaired) electrons. The van der Waals surface area contributed by atoms with Crippen molar-refractivity contribution < 1.29 is 18.9 Å². The minimum atomic E-state index is -0.125. The molecule has 110 valence electrons. The van der Waals surface area contributed by atoms with Crippen molar-refractivity contribution in [3.05, 3.63) is 11.6 Å². The first-order chi connectivity index (χ1) is 9.15. The van der Waals surface area contributed by atoms with Gasteiger partial charge in [-0.2, -0.15) is 0 Å². The molecule has 1 heterocycles. The van der Waals surface area contributed by atoms with Gasteiger partial charge in [-0.15, -0.1) is 0 Å². The van der Waals surface area contributed by atoms with E-state index in [2.05, 4.69) is 19.9 Å². The molecule has 4 heteroatoms. The Morgan fingerprint density at radius 2 is 1.74 bits per heavy atom. The predicted octanol–water partition coefficient (Wildman–Crippen LogP) is 2.38. The van der Waals surface area contributed by atoms with Gasteiger partial charge in [0.1, 0.15) is 12.2 Å². The molecule has 2 aliphatic rings. The highest BCUT2D eigenvalue weighted by Gasteiger charge is 2.42. The molecule has 19 heavy (non-hydrogen) atoms. The summed E-state index contributed by atoms with van der Waals surface area (Å²) in [6.07, 6.45) is 4.32. The first kappa shape index (κ1) is 15.0. The van der Waals surface area contributed by atoms with Crippen molar-refractivity contribution in [2.24, 2.45) is 11.8 Å². The van der Waals surface area contributed by atoms with E-state index in [0.29, 0.717) is 25.0 Å². The van der Waals surface area contributed by atoms with E-state index in [0.717, 1.165) is 12.8 Å². The van der Waals surface area contributed by atoms with Crippen molar-refractivity contribution in [3.63, 3.8) is 0 Å². The van der Waals surface area contributed by atoms with Crippen LogP contribution in [0.3, 0.4) is 0 Å². The highest BCUT2D eigenvalue weighted by atomic mass is 16.7. The van der Waals surface area contributed by atoms with Crippen molar-refractivity contribution in [1.82, 2.24) is 0 Å². The van der Waals surface area contributed by atoms with E-state index >= 15 is 0 Å². The minimum absolute atomic E-state index is 0.0193. The maximum absolute atomic E-state index is 6.06. The summed E-state index contributed by atoms with van der Waals surface area (Å²) in [6, 6.07) is 0. The monoisotopic (exact) mass is 270 g/mol. The lowest BCUT2D eigenvalue weighted by Gasteiger charge is -2.31. The summed E-state index contributed by atoms with van der Waals surface area (Å²) in [7, 11) is 3.38. The molecule has 0 aromatic carbocycles. The summed E-state index contributed by atoms with van der Waals surface area (Å²) in [5.74, 6) is 1.03. The normalized spacial score (nSPS) is 36.5. The summed E-state index contributed by atoms with van der Waals surface area (Å²) in [6.45, 7) is 5.59. The smallest absolute Gasteiger partial charge is 0.162 e.